The number of nitrogens with two attached hydrogens (primary N) is 2. The van der Waals surface area contributed by atoms with Crippen LogP contribution in [0.2, 0.25) is 0 Å². The molecule has 1 amide bonds. The van der Waals surface area contributed by atoms with E-state index in [0.717, 1.165) is 24.0 Å². The van der Waals surface area contributed by atoms with Crippen LogP contribution >= 0.6 is 0 Å². The summed E-state index contributed by atoms with van der Waals surface area (Å²) in [6, 6.07) is 5.36. The molecule has 18 heavy (non-hydrogen) atoms. The normalized spacial score (nSPS) is 18.1. The van der Waals surface area contributed by atoms with E-state index in [1.54, 1.807) is 18.4 Å². The van der Waals surface area contributed by atoms with Gasteiger partial charge >= 0.3 is 6.09 Å². The Morgan fingerprint density at radius 2 is 2.17 bits per heavy atom. The van der Waals surface area contributed by atoms with Gasteiger partial charge in [-0.1, -0.05) is 6.07 Å². The van der Waals surface area contributed by atoms with Crippen molar-refractivity contribution in [3.63, 3.8) is 0 Å². The average Bonchev–Trinajstić information content (AvgIpc) is 2.96. The van der Waals surface area contributed by atoms with E-state index >= 15 is 0 Å². The first-order valence-electron chi connectivity index (χ1n) is 5.60. The summed E-state index contributed by atoms with van der Waals surface area (Å²) in [6.07, 6.45) is 2.32. The molecule has 0 aromatic heterocycles. The van der Waals surface area contributed by atoms with Crippen molar-refractivity contribution in [3.05, 3.63) is 29.3 Å². The lowest BCUT2D eigenvalue weighted by atomic mass is 10.0. The van der Waals surface area contributed by atoms with Gasteiger partial charge in [0, 0.05) is 28.5 Å². The lowest BCUT2D eigenvalue weighted by molar-refractivity contribution is 0.0896. The molecule has 1 atom stereocenters. The second kappa shape index (κ2) is 4.61. The summed E-state index contributed by atoms with van der Waals surface area (Å²) < 4.78 is 16.6. The fourth-order valence-corrected chi connectivity index (χ4v) is 2.81. The summed E-state index contributed by atoms with van der Waals surface area (Å²) in [5, 5.41) is 0. The number of hydrogen-bond acceptors (Lipinski definition) is 4. The van der Waals surface area contributed by atoms with E-state index in [1.165, 1.54) is 0 Å². The van der Waals surface area contributed by atoms with E-state index in [2.05, 4.69) is 0 Å². The molecule has 0 spiro atoms. The van der Waals surface area contributed by atoms with Crippen LogP contribution < -0.4 is 11.5 Å². The fraction of sp³-hybridized carbons (Fsp3) is 0.417. The molecule has 98 valence electrons. The van der Waals surface area contributed by atoms with Crippen LogP contribution in [0.3, 0.4) is 0 Å². The largest absolute Gasteiger partial charge is 0.438 e. The van der Waals surface area contributed by atoms with E-state index in [9.17, 15) is 9.00 Å². The minimum absolute atomic E-state index is 0.393. The zero-order valence-electron chi connectivity index (χ0n) is 10.1. The first-order chi connectivity index (χ1) is 8.43. The third-order valence-corrected chi connectivity index (χ3v) is 3.70. The average molecular weight is 268 g/mol. The van der Waals surface area contributed by atoms with Gasteiger partial charge in [-0.2, -0.15) is 0 Å². The lowest BCUT2D eigenvalue weighted by Gasteiger charge is -2.19. The quantitative estimate of drug-likeness (QED) is 0.803. The molecule has 0 saturated heterocycles. The van der Waals surface area contributed by atoms with Crippen molar-refractivity contribution in [2.75, 3.05) is 12.0 Å². The molecular weight excluding hydrogens is 252 g/mol. The number of rotatable bonds is 4. The fourth-order valence-electron chi connectivity index (χ4n) is 2.13. The molecule has 1 saturated carbocycles. The van der Waals surface area contributed by atoms with Crippen LogP contribution in [0.25, 0.3) is 0 Å². The molecule has 1 aliphatic carbocycles. The summed E-state index contributed by atoms with van der Waals surface area (Å²) in [5.41, 5.74) is 12.5. The van der Waals surface area contributed by atoms with Crippen molar-refractivity contribution in [1.82, 2.24) is 0 Å². The first-order valence-corrected chi connectivity index (χ1v) is 7.33. The van der Waals surface area contributed by atoms with Crippen molar-refractivity contribution in [2.45, 2.75) is 24.2 Å². The van der Waals surface area contributed by atoms with Crippen LogP contribution in [0, 0.1) is 0 Å². The molecule has 0 radical (unpaired) electrons. The van der Waals surface area contributed by atoms with E-state index < -0.39 is 22.5 Å². The number of carbonyl (C=O) groups is 1. The topological polar surface area (TPSA) is 95.4 Å². The second-order valence-corrected chi connectivity index (χ2v) is 5.98. The highest BCUT2D eigenvalue weighted by Crippen LogP contribution is 2.50. The highest BCUT2D eigenvalue weighted by atomic mass is 32.2. The van der Waals surface area contributed by atoms with E-state index in [4.69, 9.17) is 16.2 Å². The molecule has 1 fully saturated rings. The van der Waals surface area contributed by atoms with Crippen LogP contribution in [0.15, 0.2) is 18.2 Å². The Morgan fingerprint density at radius 1 is 1.50 bits per heavy atom. The van der Waals surface area contributed by atoms with E-state index in [0.29, 0.717) is 11.4 Å². The summed E-state index contributed by atoms with van der Waals surface area (Å²) in [5.74, 6) is 0.393. The summed E-state index contributed by atoms with van der Waals surface area (Å²) in [7, 11) is -0.982. The van der Waals surface area contributed by atoms with Gasteiger partial charge in [-0.25, -0.2) is 4.79 Å². The summed E-state index contributed by atoms with van der Waals surface area (Å²) >= 11 is 0. The number of anilines is 1. The van der Waals surface area contributed by atoms with Gasteiger partial charge in [0.25, 0.3) is 0 Å². The lowest BCUT2D eigenvalue weighted by Crippen LogP contribution is -2.23. The highest BCUT2D eigenvalue weighted by molar-refractivity contribution is 7.83. The number of benzene rings is 1. The van der Waals surface area contributed by atoms with Gasteiger partial charge in [0.05, 0.1) is 0 Å². The zero-order chi connectivity index (χ0) is 13.3. The predicted molar refractivity (Wildman–Crippen MR) is 70.2 cm³/mol. The van der Waals surface area contributed by atoms with E-state index in [-0.39, 0.29) is 0 Å². The van der Waals surface area contributed by atoms with Gasteiger partial charge in [-0.05, 0) is 36.1 Å². The molecule has 1 aromatic rings. The summed E-state index contributed by atoms with van der Waals surface area (Å²) in [4.78, 5) is 10.9. The Bertz CT molecular complexity index is 512. The molecule has 1 unspecified atom stereocenters. The number of primary amides is 1. The first kappa shape index (κ1) is 12.9. The maximum atomic E-state index is 11.4. The number of amides is 1. The van der Waals surface area contributed by atoms with Crippen LogP contribution in [0.1, 0.15) is 24.0 Å². The van der Waals surface area contributed by atoms with Gasteiger partial charge in [-0.3, -0.25) is 4.21 Å². The van der Waals surface area contributed by atoms with E-state index in [1.807, 2.05) is 6.07 Å². The molecule has 0 heterocycles. The Balaban J connectivity index is 2.37. The van der Waals surface area contributed by atoms with Gasteiger partial charge in [-0.15, -0.1) is 0 Å². The minimum atomic E-state index is -0.982. The Labute approximate surface area is 108 Å². The van der Waals surface area contributed by atoms with Crippen molar-refractivity contribution in [2.24, 2.45) is 5.73 Å². The summed E-state index contributed by atoms with van der Waals surface area (Å²) in [6.45, 7) is 0. The Hall–Kier alpha value is -1.56. The predicted octanol–water partition coefficient (Wildman–Crippen LogP) is 1.23. The molecule has 1 aromatic carbocycles. The molecule has 4 N–H and O–H groups in total. The van der Waals surface area contributed by atoms with Crippen molar-refractivity contribution < 1.29 is 13.7 Å². The SMILES string of the molecule is CS(=O)Cc1cc(N)ccc1C1(OC(N)=O)CC1. The molecule has 0 aliphatic heterocycles. The van der Waals surface area contributed by atoms with Crippen LogP contribution in [-0.4, -0.2) is 16.6 Å². The molecule has 6 heteroatoms. The number of ether oxygens (including phenoxy) is 1. The molecule has 0 bridgehead atoms. The van der Waals surface area contributed by atoms with Crippen molar-refractivity contribution in [3.8, 4) is 0 Å². The van der Waals surface area contributed by atoms with Crippen LogP contribution in [0.5, 0.6) is 0 Å². The maximum Gasteiger partial charge on any atom is 0.405 e. The minimum Gasteiger partial charge on any atom is -0.438 e. The second-order valence-electron chi connectivity index (χ2n) is 4.55. The molecular formula is C12H16N2O3S. The maximum absolute atomic E-state index is 11.4. The van der Waals surface area contributed by atoms with Crippen LogP contribution in [0.4, 0.5) is 10.5 Å². The van der Waals surface area contributed by atoms with Gasteiger partial charge in [0.15, 0.2) is 0 Å². The molecule has 1 aliphatic rings. The number of nitrogen functional groups attached to an aromatic ring is 1. The third kappa shape index (κ3) is 2.64. The number of hydrogen-bond donors (Lipinski definition) is 2. The van der Waals surface area contributed by atoms with Crippen molar-refractivity contribution >= 4 is 22.6 Å². The van der Waals surface area contributed by atoms with Gasteiger partial charge < -0.3 is 16.2 Å². The van der Waals surface area contributed by atoms with Gasteiger partial charge in [0.2, 0.25) is 0 Å². The standard InChI is InChI=1S/C12H16N2O3S/c1-18(16)7-8-6-9(13)2-3-10(8)12(4-5-12)17-11(14)15/h2-3,6H,4-5,7,13H2,1H3,(H2,14,15). The molecule has 5 nitrogen and oxygen atoms in total. The Morgan fingerprint density at radius 3 is 2.67 bits per heavy atom. The third-order valence-electron chi connectivity index (χ3n) is 2.98. The zero-order valence-corrected chi connectivity index (χ0v) is 11.0. The van der Waals surface area contributed by atoms with Crippen molar-refractivity contribution in [1.29, 1.82) is 0 Å². The Kier molecular flexibility index (Phi) is 3.30. The highest BCUT2D eigenvalue weighted by Gasteiger charge is 2.49. The van der Waals surface area contributed by atoms with Crippen LogP contribution in [-0.2, 0) is 26.9 Å². The number of carbonyl (C=O) groups excluding carboxylic acids is 1. The monoisotopic (exact) mass is 268 g/mol. The smallest absolute Gasteiger partial charge is 0.405 e. The van der Waals surface area contributed by atoms with Gasteiger partial charge in [0.1, 0.15) is 5.60 Å². The molecule has 2 rings (SSSR count).